The number of rotatable bonds is 9. The maximum atomic E-state index is 13.0. The predicted octanol–water partition coefficient (Wildman–Crippen LogP) is 2.16. The first-order valence-electron chi connectivity index (χ1n) is 10.2. The van der Waals surface area contributed by atoms with E-state index in [0.29, 0.717) is 38.5 Å². The number of benzene rings is 1. The molecule has 1 aliphatic rings. The molecule has 0 bridgehead atoms. The van der Waals surface area contributed by atoms with Gasteiger partial charge in [-0.2, -0.15) is 4.31 Å². The van der Waals surface area contributed by atoms with Gasteiger partial charge in [-0.25, -0.2) is 8.42 Å². The molecule has 1 aliphatic heterocycles. The van der Waals surface area contributed by atoms with Gasteiger partial charge < -0.3 is 14.8 Å². The Kier molecular flexibility index (Phi) is 8.45. The number of ether oxygens (including phenoxy) is 2. The summed E-state index contributed by atoms with van der Waals surface area (Å²) in [6, 6.07) is 4.73. The van der Waals surface area contributed by atoms with E-state index >= 15 is 0 Å². The summed E-state index contributed by atoms with van der Waals surface area (Å²) in [4.78, 5) is 14.6. The SMILES string of the molecule is CCOc1ccc(NC(=O)CN2C[C@@H](C)O[C@@H](C)C2)cc1S(=O)(=O)N(CC)CC. The number of carbonyl (C=O) groups is 1. The van der Waals surface area contributed by atoms with Gasteiger partial charge >= 0.3 is 0 Å². The van der Waals surface area contributed by atoms with Gasteiger partial charge in [0.15, 0.2) is 0 Å². The van der Waals surface area contributed by atoms with Crippen LogP contribution in [0.4, 0.5) is 5.69 Å². The van der Waals surface area contributed by atoms with Crippen molar-refractivity contribution >= 4 is 21.6 Å². The number of nitrogens with zero attached hydrogens (tertiary/aromatic N) is 2. The van der Waals surface area contributed by atoms with Gasteiger partial charge in [0.25, 0.3) is 0 Å². The monoisotopic (exact) mass is 427 g/mol. The molecule has 2 rings (SSSR count). The fourth-order valence-electron chi connectivity index (χ4n) is 3.58. The average Bonchev–Trinajstić information content (AvgIpc) is 2.63. The second-order valence-corrected chi connectivity index (χ2v) is 9.09. The molecular weight excluding hydrogens is 394 g/mol. The first-order chi connectivity index (χ1) is 13.7. The van der Waals surface area contributed by atoms with Crippen molar-refractivity contribution in [1.29, 1.82) is 0 Å². The van der Waals surface area contributed by atoms with Gasteiger partial charge in [-0.15, -0.1) is 0 Å². The number of sulfonamides is 1. The lowest BCUT2D eigenvalue weighted by atomic mass is 10.2. The number of hydrogen-bond donors (Lipinski definition) is 1. The van der Waals surface area contributed by atoms with Crippen molar-refractivity contribution in [2.24, 2.45) is 0 Å². The Hall–Kier alpha value is -1.68. The van der Waals surface area contributed by atoms with E-state index in [0.717, 1.165) is 0 Å². The fourth-order valence-corrected chi connectivity index (χ4v) is 5.20. The third-order valence-corrected chi connectivity index (χ3v) is 6.78. The number of carbonyl (C=O) groups excluding carboxylic acids is 1. The highest BCUT2D eigenvalue weighted by Crippen LogP contribution is 2.30. The lowest BCUT2D eigenvalue weighted by Gasteiger charge is -2.34. The number of morpholine rings is 1. The van der Waals surface area contributed by atoms with E-state index in [4.69, 9.17) is 9.47 Å². The Bertz CT molecular complexity index is 785. The molecular formula is C20H33N3O5S. The highest BCUT2D eigenvalue weighted by Gasteiger charge is 2.27. The number of amides is 1. The molecule has 1 aromatic rings. The van der Waals surface area contributed by atoms with E-state index in [1.165, 1.54) is 10.4 Å². The van der Waals surface area contributed by atoms with Gasteiger partial charge in [0.05, 0.1) is 25.4 Å². The van der Waals surface area contributed by atoms with Crippen molar-refractivity contribution in [3.8, 4) is 5.75 Å². The Labute approximate surface area is 174 Å². The van der Waals surface area contributed by atoms with Gasteiger partial charge in [-0.1, -0.05) is 13.8 Å². The van der Waals surface area contributed by atoms with Gasteiger partial charge in [0.2, 0.25) is 15.9 Å². The number of anilines is 1. The molecule has 2 atom stereocenters. The van der Waals surface area contributed by atoms with Gasteiger partial charge in [-0.05, 0) is 39.0 Å². The lowest BCUT2D eigenvalue weighted by molar-refractivity contribution is -0.121. The van der Waals surface area contributed by atoms with Crippen LogP contribution in [0, 0.1) is 0 Å². The standard InChI is InChI=1S/C20H33N3O5S/c1-6-23(7-2)29(25,26)19-11-17(9-10-18(19)27-8-3)21-20(24)14-22-12-15(4)28-16(5)13-22/h9-11,15-16H,6-8,12-14H2,1-5H3,(H,21,24)/t15-,16+. The zero-order valence-electron chi connectivity index (χ0n) is 18.0. The summed E-state index contributed by atoms with van der Waals surface area (Å²) < 4.78 is 38.6. The quantitative estimate of drug-likeness (QED) is 0.650. The first-order valence-corrected chi connectivity index (χ1v) is 11.6. The third-order valence-electron chi connectivity index (χ3n) is 4.71. The fraction of sp³-hybridized carbons (Fsp3) is 0.650. The molecule has 0 radical (unpaired) electrons. The minimum atomic E-state index is -3.72. The van der Waals surface area contributed by atoms with Crippen LogP contribution >= 0.6 is 0 Å². The van der Waals surface area contributed by atoms with Gasteiger partial charge in [0, 0.05) is 31.9 Å². The maximum absolute atomic E-state index is 13.0. The molecule has 1 amide bonds. The topological polar surface area (TPSA) is 88.2 Å². The molecule has 0 aliphatic carbocycles. The zero-order chi connectivity index (χ0) is 21.6. The third kappa shape index (κ3) is 6.15. The summed E-state index contributed by atoms with van der Waals surface area (Å²) in [6.07, 6.45) is 0.144. The van der Waals surface area contributed by atoms with Crippen LogP contribution in [0.15, 0.2) is 23.1 Å². The van der Waals surface area contributed by atoms with E-state index in [-0.39, 0.29) is 35.3 Å². The van der Waals surface area contributed by atoms with Gasteiger partial charge in [-0.3, -0.25) is 9.69 Å². The largest absolute Gasteiger partial charge is 0.492 e. The van der Waals surface area contributed by atoms with E-state index < -0.39 is 10.0 Å². The summed E-state index contributed by atoms with van der Waals surface area (Å²) in [5.41, 5.74) is 0.429. The van der Waals surface area contributed by atoms with Crippen molar-refractivity contribution in [2.75, 3.05) is 44.6 Å². The second kappa shape index (κ2) is 10.4. The van der Waals surface area contributed by atoms with E-state index in [2.05, 4.69) is 5.32 Å². The smallest absolute Gasteiger partial charge is 0.246 e. The van der Waals surface area contributed by atoms with Crippen LogP contribution < -0.4 is 10.1 Å². The summed E-state index contributed by atoms with van der Waals surface area (Å²) >= 11 is 0. The Morgan fingerprint density at radius 1 is 1.21 bits per heavy atom. The van der Waals surface area contributed by atoms with Crippen LogP contribution in [0.1, 0.15) is 34.6 Å². The number of nitrogens with one attached hydrogen (secondary N) is 1. The molecule has 0 spiro atoms. The van der Waals surface area contributed by atoms with Crippen LogP contribution in [-0.2, 0) is 19.6 Å². The summed E-state index contributed by atoms with van der Waals surface area (Å²) in [5, 5.41) is 2.82. The molecule has 164 valence electrons. The highest BCUT2D eigenvalue weighted by molar-refractivity contribution is 7.89. The molecule has 1 heterocycles. The predicted molar refractivity (Wildman–Crippen MR) is 113 cm³/mol. The molecule has 0 aromatic heterocycles. The zero-order valence-corrected chi connectivity index (χ0v) is 18.8. The average molecular weight is 428 g/mol. The molecule has 8 nitrogen and oxygen atoms in total. The van der Waals surface area contributed by atoms with Gasteiger partial charge in [0.1, 0.15) is 10.6 Å². The maximum Gasteiger partial charge on any atom is 0.246 e. The molecule has 1 saturated heterocycles. The molecule has 1 N–H and O–H groups in total. The van der Waals surface area contributed by atoms with Crippen molar-refractivity contribution in [3.05, 3.63) is 18.2 Å². The van der Waals surface area contributed by atoms with Crippen molar-refractivity contribution in [1.82, 2.24) is 9.21 Å². The van der Waals surface area contributed by atoms with E-state index in [1.54, 1.807) is 32.9 Å². The lowest BCUT2D eigenvalue weighted by Crippen LogP contribution is -2.48. The van der Waals surface area contributed by atoms with Crippen LogP contribution in [0.5, 0.6) is 5.75 Å². The summed E-state index contributed by atoms with van der Waals surface area (Å²) in [6.45, 7) is 12.0. The molecule has 0 saturated carbocycles. The molecule has 0 unspecified atom stereocenters. The molecule has 1 fully saturated rings. The molecule has 1 aromatic carbocycles. The van der Waals surface area contributed by atoms with Crippen LogP contribution in [0.3, 0.4) is 0 Å². The summed E-state index contributed by atoms with van der Waals surface area (Å²) in [5.74, 6) is 0.0925. The minimum Gasteiger partial charge on any atom is -0.492 e. The van der Waals surface area contributed by atoms with Crippen LogP contribution in [0.2, 0.25) is 0 Å². The molecule has 9 heteroatoms. The summed E-state index contributed by atoms with van der Waals surface area (Å²) in [7, 11) is -3.72. The Morgan fingerprint density at radius 3 is 2.38 bits per heavy atom. The van der Waals surface area contributed by atoms with Crippen molar-refractivity contribution < 1.29 is 22.7 Å². The second-order valence-electron chi connectivity index (χ2n) is 7.18. The Morgan fingerprint density at radius 2 is 1.83 bits per heavy atom. The van der Waals surface area contributed by atoms with E-state index in [1.807, 2.05) is 18.7 Å². The normalized spacial score (nSPS) is 20.6. The van der Waals surface area contributed by atoms with E-state index in [9.17, 15) is 13.2 Å². The number of hydrogen-bond acceptors (Lipinski definition) is 6. The van der Waals surface area contributed by atoms with Crippen molar-refractivity contribution in [3.63, 3.8) is 0 Å². The minimum absolute atomic E-state index is 0.0643. The first kappa shape index (κ1) is 23.6. The van der Waals surface area contributed by atoms with Crippen molar-refractivity contribution in [2.45, 2.75) is 51.7 Å². The molecule has 29 heavy (non-hydrogen) atoms. The highest BCUT2D eigenvalue weighted by atomic mass is 32.2. The Balaban J connectivity index is 2.20. The van der Waals surface area contributed by atoms with Crippen LogP contribution in [0.25, 0.3) is 0 Å². The van der Waals surface area contributed by atoms with Crippen LogP contribution in [-0.4, -0.2) is 75.1 Å².